The molecule has 10 heteroatoms. The summed E-state index contributed by atoms with van der Waals surface area (Å²) in [6.07, 6.45) is -0.485. The maximum atomic E-state index is 15.1. The normalized spacial score (nSPS) is 53.0. The molecule has 1 heterocycles. The molecular formula is C36H56O10. The SMILES string of the molecule is C[C@H]1[C@H](C)CC[C@]2(C(=O)O)CC[C@]3(C(=O)O[C@@H]4O[C@H](CO)[C@@H](O)[C@H](O)[C@H]4O)C(=CC[C@@H]4[C@@]5(C)CCC(O)C(C)(C)[C@@H]5CC[C@]43C)[C@H]12. The Morgan fingerprint density at radius 2 is 1.59 bits per heavy atom. The fraction of sp³-hybridized carbons (Fsp3) is 0.889. The molecule has 1 unspecified atom stereocenters. The molecule has 6 aliphatic rings. The molecule has 0 spiro atoms. The number of allylic oxidation sites excluding steroid dienone is 1. The van der Waals surface area contributed by atoms with E-state index in [0.717, 1.165) is 24.8 Å². The van der Waals surface area contributed by atoms with E-state index in [0.29, 0.717) is 32.1 Å². The number of ether oxygens (including phenoxy) is 2. The first-order valence-electron chi connectivity index (χ1n) is 17.6. The fourth-order valence-electron chi connectivity index (χ4n) is 12.3. The largest absolute Gasteiger partial charge is 0.481 e. The molecule has 4 saturated carbocycles. The quantitative estimate of drug-likeness (QED) is 0.196. The summed E-state index contributed by atoms with van der Waals surface area (Å²) in [5.41, 5.74) is -2.49. The first-order valence-corrected chi connectivity index (χ1v) is 17.6. The second kappa shape index (κ2) is 11.2. The van der Waals surface area contributed by atoms with E-state index < -0.39 is 71.6 Å². The highest BCUT2D eigenvalue weighted by atomic mass is 16.7. The molecule has 46 heavy (non-hydrogen) atoms. The van der Waals surface area contributed by atoms with Gasteiger partial charge in [0.25, 0.3) is 0 Å². The third kappa shape index (κ3) is 4.35. The zero-order valence-electron chi connectivity index (χ0n) is 28.3. The molecule has 0 amide bonds. The molecule has 5 fully saturated rings. The van der Waals surface area contributed by atoms with Crippen LogP contribution in [0.25, 0.3) is 0 Å². The van der Waals surface area contributed by atoms with Gasteiger partial charge in [-0.05, 0) is 104 Å². The predicted molar refractivity (Wildman–Crippen MR) is 167 cm³/mol. The molecule has 5 aliphatic carbocycles. The summed E-state index contributed by atoms with van der Waals surface area (Å²) < 4.78 is 11.8. The van der Waals surface area contributed by atoms with Gasteiger partial charge in [0.15, 0.2) is 0 Å². The van der Waals surface area contributed by atoms with Crippen LogP contribution in [0.15, 0.2) is 11.6 Å². The van der Waals surface area contributed by atoms with Crippen LogP contribution in [0.3, 0.4) is 0 Å². The highest BCUT2D eigenvalue weighted by molar-refractivity contribution is 5.85. The maximum Gasteiger partial charge on any atom is 0.319 e. The minimum atomic E-state index is -1.73. The van der Waals surface area contributed by atoms with Gasteiger partial charge in [0.05, 0.1) is 23.5 Å². The van der Waals surface area contributed by atoms with Crippen molar-refractivity contribution in [3.63, 3.8) is 0 Å². The monoisotopic (exact) mass is 648 g/mol. The van der Waals surface area contributed by atoms with Gasteiger partial charge in [0, 0.05) is 0 Å². The first kappa shape index (κ1) is 34.3. The number of hydrogen-bond donors (Lipinski definition) is 6. The molecule has 0 aromatic heterocycles. The highest BCUT2D eigenvalue weighted by Gasteiger charge is 2.74. The van der Waals surface area contributed by atoms with Gasteiger partial charge in [-0.1, -0.05) is 53.2 Å². The summed E-state index contributed by atoms with van der Waals surface area (Å²) in [7, 11) is 0. The second-order valence-electron chi connectivity index (χ2n) is 17.2. The number of carbonyl (C=O) groups is 2. The highest BCUT2D eigenvalue weighted by Crippen LogP contribution is 2.76. The van der Waals surface area contributed by atoms with E-state index in [4.69, 9.17) is 9.47 Å². The Bertz CT molecular complexity index is 1260. The zero-order valence-corrected chi connectivity index (χ0v) is 28.3. The Morgan fingerprint density at radius 1 is 0.891 bits per heavy atom. The molecule has 260 valence electrons. The number of rotatable bonds is 4. The molecule has 0 radical (unpaired) electrons. The molecular weight excluding hydrogens is 592 g/mol. The average molecular weight is 649 g/mol. The van der Waals surface area contributed by atoms with Crippen molar-refractivity contribution in [1.82, 2.24) is 0 Å². The van der Waals surface area contributed by atoms with Gasteiger partial charge in [-0.3, -0.25) is 9.59 Å². The van der Waals surface area contributed by atoms with Crippen LogP contribution in [0, 0.1) is 56.7 Å². The van der Waals surface area contributed by atoms with Crippen LogP contribution in [-0.4, -0.2) is 86.0 Å². The third-order valence-corrected chi connectivity index (χ3v) is 15.3. The minimum absolute atomic E-state index is 0.00618. The van der Waals surface area contributed by atoms with Crippen molar-refractivity contribution >= 4 is 11.9 Å². The standard InChI is InChI=1S/C36H56O10/c1-18-9-14-35(30(42)43)15-16-36(31(44)46-29-28(41)27(40)26(39)21(17-37)45-29)20(25(35)19(18)2)7-8-23-33(5)12-11-24(38)32(3,4)22(33)10-13-34(23,36)6/h7,18-19,21-29,37-41H,8-17H2,1-6H3,(H,42,43)/t18-,19+,21-,22+,23-,24?,25+,26-,27+,28-,29+,33+,34-,35+,36-/m1/s1. The van der Waals surface area contributed by atoms with E-state index in [1.807, 2.05) is 0 Å². The number of aliphatic hydroxyl groups excluding tert-OH is 5. The number of hydrogen-bond acceptors (Lipinski definition) is 9. The van der Waals surface area contributed by atoms with Crippen molar-refractivity contribution in [3.05, 3.63) is 11.6 Å². The zero-order chi connectivity index (χ0) is 33.8. The Morgan fingerprint density at radius 3 is 2.24 bits per heavy atom. The lowest BCUT2D eigenvalue weighted by atomic mass is 9.33. The molecule has 6 rings (SSSR count). The van der Waals surface area contributed by atoms with E-state index >= 15 is 4.79 Å². The first-order chi connectivity index (χ1) is 21.4. The van der Waals surface area contributed by atoms with Crippen LogP contribution in [0.1, 0.15) is 99.3 Å². The van der Waals surface area contributed by atoms with Crippen LogP contribution < -0.4 is 0 Å². The molecule has 0 aromatic rings. The van der Waals surface area contributed by atoms with E-state index in [9.17, 15) is 35.4 Å². The number of fused-ring (bicyclic) bond motifs is 7. The van der Waals surface area contributed by atoms with Gasteiger partial charge in [-0.25, -0.2) is 0 Å². The molecule has 6 N–H and O–H groups in total. The number of aliphatic carboxylic acids is 1. The lowest BCUT2D eigenvalue weighted by Crippen LogP contribution is -2.68. The third-order valence-electron chi connectivity index (χ3n) is 15.3. The molecule has 1 aliphatic heterocycles. The van der Waals surface area contributed by atoms with Crippen molar-refractivity contribution in [3.8, 4) is 0 Å². The Balaban J connectivity index is 1.50. The van der Waals surface area contributed by atoms with Gasteiger partial charge in [0.1, 0.15) is 24.4 Å². The molecule has 0 aromatic carbocycles. The van der Waals surface area contributed by atoms with Crippen LogP contribution >= 0.6 is 0 Å². The van der Waals surface area contributed by atoms with Crippen LogP contribution in [-0.2, 0) is 19.1 Å². The Labute approximate surface area is 272 Å². The summed E-state index contributed by atoms with van der Waals surface area (Å²) >= 11 is 0. The second-order valence-corrected chi connectivity index (χ2v) is 17.2. The summed E-state index contributed by atoms with van der Waals surface area (Å²) in [4.78, 5) is 28.4. The number of esters is 1. The van der Waals surface area contributed by atoms with E-state index in [1.165, 1.54) is 0 Å². The smallest absolute Gasteiger partial charge is 0.319 e. The number of aliphatic hydroxyl groups is 5. The topological polar surface area (TPSA) is 174 Å². The minimum Gasteiger partial charge on any atom is -0.481 e. The van der Waals surface area contributed by atoms with Crippen LogP contribution in [0.5, 0.6) is 0 Å². The van der Waals surface area contributed by atoms with Gasteiger partial charge in [0.2, 0.25) is 6.29 Å². The van der Waals surface area contributed by atoms with Crippen molar-refractivity contribution < 1.29 is 49.7 Å². The van der Waals surface area contributed by atoms with Gasteiger partial charge in [-0.15, -0.1) is 0 Å². The van der Waals surface area contributed by atoms with Crippen LogP contribution in [0.4, 0.5) is 0 Å². The van der Waals surface area contributed by atoms with Gasteiger partial charge < -0.3 is 40.1 Å². The van der Waals surface area contributed by atoms with E-state index in [1.54, 1.807) is 0 Å². The van der Waals surface area contributed by atoms with E-state index in [-0.39, 0.29) is 46.8 Å². The maximum absolute atomic E-state index is 15.1. The Hall–Kier alpha value is -1.56. The van der Waals surface area contributed by atoms with Crippen molar-refractivity contribution in [1.29, 1.82) is 0 Å². The summed E-state index contributed by atoms with van der Waals surface area (Å²) in [6.45, 7) is 12.4. The predicted octanol–water partition coefficient (Wildman–Crippen LogP) is 3.41. The molecule has 15 atom stereocenters. The number of carbonyl (C=O) groups excluding carboxylic acids is 1. The Kier molecular flexibility index (Phi) is 8.38. The van der Waals surface area contributed by atoms with Gasteiger partial charge in [-0.2, -0.15) is 0 Å². The number of carboxylic acids is 1. The molecule has 0 bridgehead atoms. The van der Waals surface area contributed by atoms with Crippen LogP contribution in [0.2, 0.25) is 0 Å². The summed E-state index contributed by atoms with van der Waals surface area (Å²) in [5.74, 6) is -1.26. The fourth-order valence-corrected chi connectivity index (χ4v) is 12.3. The molecule has 1 saturated heterocycles. The summed E-state index contributed by atoms with van der Waals surface area (Å²) in [6, 6.07) is 0. The van der Waals surface area contributed by atoms with Crippen molar-refractivity contribution in [2.45, 2.75) is 136 Å². The lowest BCUT2D eigenvalue weighted by molar-refractivity contribution is -0.299. The number of carboxylic acid groups (broad SMARTS) is 1. The summed E-state index contributed by atoms with van der Waals surface area (Å²) in [5, 5.41) is 63.5. The molecule has 10 nitrogen and oxygen atoms in total. The van der Waals surface area contributed by atoms with Gasteiger partial charge >= 0.3 is 11.9 Å². The average Bonchev–Trinajstić information content (AvgIpc) is 3.00. The lowest BCUT2D eigenvalue weighted by Gasteiger charge is -2.70. The van der Waals surface area contributed by atoms with Crippen molar-refractivity contribution in [2.24, 2.45) is 56.7 Å². The van der Waals surface area contributed by atoms with Crippen molar-refractivity contribution in [2.75, 3.05) is 6.61 Å². The van der Waals surface area contributed by atoms with E-state index in [2.05, 4.69) is 47.6 Å².